The van der Waals surface area contributed by atoms with Crippen LogP contribution in [-0.2, 0) is 0 Å². The molecular weight excluding hydrogens is 214 g/mol. The number of anilines is 1. The summed E-state index contributed by atoms with van der Waals surface area (Å²) >= 11 is 0. The third-order valence-electron chi connectivity index (χ3n) is 2.13. The van der Waals surface area contributed by atoms with Crippen LogP contribution < -0.4 is 5.32 Å². The van der Waals surface area contributed by atoms with Crippen molar-refractivity contribution in [1.82, 2.24) is 15.2 Å². The minimum Gasteiger partial charge on any atom is -0.368 e. The zero-order valence-corrected chi connectivity index (χ0v) is 9.17. The Bertz CT molecular complexity index is 501. The molecule has 0 aliphatic rings. The first-order chi connectivity index (χ1) is 8.40. The van der Waals surface area contributed by atoms with E-state index in [0.717, 1.165) is 11.4 Å². The lowest BCUT2D eigenvalue weighted by Crippen LogP contribution is -2.03. The Labute approximate surface area is 99.2 Å². The number of nitrogens with zero attached hydrogens (tertiary/aromatic N) is 4. The molecule has 2 rings (SSSR count). The highest BCUT2D eigenvalue weighted by molar-refractivity contribution is 5.54. The van der Waals surface area contributed by atoms with Gasteiger partial charge in [-0.25, -0.2) is 0 Å². The summed E-state index contributed by atoms with van der Waals surface area (Å²) in [5.74, 6) is 0.667. The van der Waals surface area contributed by atoms with Crippen molar-refractivity contribution in [2.75, 3.05) is 11.9 Å². The first-order valence-electron chi connectivity index (χ1n) is 5.26. The fraction of sp³-hybridized carbons (Fsp3) is 0.167. The van der Waals surface area contributed by atoms with Crippen LogP contribution in [-0.4, -0.2) is 21.7 Å². The van der Waals surface area contributed by atoms with Crippen LogP contribution >= 0.6 is 0 Å². The van der Waals surface area contributed by atoms with E-state index in [1.165, 1.54) is 0 Å². The smallest absolute Gasteiger partial charge is 0.148 e. The van der Waals surface area contributed by atoms with E-state index in [1.54, 1.807) is 6.20 Å². The van der Waals surface area contributed by atoms with Crippen LogP contribution in [0.4, 0.5) is 5.82 Å². The zero-order valence-electron chi connectivity index (χ0n) is 9.17. The van der Waals surface area contributed by atoms with Crippen molar-refractivity contribution in [1.29, 1.82) is 5.26 Å². The van der Waals surface area contributed by atoms with E-state index in [-0.39, 0.29) is 0 Å². The van der Waals surface area contributed by atoms with Crippen molar-refractivity contribution in [3.63, 3.8) is 0 Å². The van der Waals surface area contributed by atoms with Gasteiger partial charge in [0, 0.05) is 12.7 Å². The minimum absolute atomic E-state index is 0.448. The quantitative estimate of drug-likeness (QED) is 0.804. The second-order valence-corrected chi connectivity index (χ2v) is 3.35. The molecule has 84 valence electrons. The predicted octanol–water partition coefficient (Wildman–Crippen LogP) is 1.86. The lowest BCUT2D eigenvalue weighted by Gasteiger charge is -2.02. The molecule has 5 nitrogen and oxygen atoms in total. The third-order valence-corrected chi connectivity index (χ3v) is 2.13. The van der Waals surface area contributed by atoms with Crippen molar-refractivity contribution in [3.8, 4) is 17.5 Å². The maximum atomic E-state index is 8.40. The first kappa shape index (κ1) is 11.0. The molecule has 17 heavy (non-hydrogen) atoms. The molecule has 2 heterocycles. The maximum Gasteiger partial charge on any atom is 0.148 e. The normalized spacial score (nSPS) is 9.59. The maximum absolute atomic E-state index is 8.40. The largest absolute Gasteiger partial charge is 0.368 e. The van der Waals surface area contributed by atoms with E-state index in [2.05, 4.69) is 26.6 Å². The van der Waals surface area contributed by atoms with E-state index >= 15 is 0 Å². The summed E-state index contributed by atoms with van der Waals surface area (Å²) < 4.78 is 0. The highest BCUT2D eigenvalue weighted by Gasteiger charge is 2.00. The molecule has 0 aliphatic carbocycles. The van der Waals surface area contributed by atoms with Crippen LogP contribution in [0.15, 0.2) is 36.5 Å². The molecule has 0 atom stereocenters. The Morgan fingerprint density at radius 3 is 2.71 bits per heavy atom. The van der Waals surface area contributed by atoms with Gasteiger partial charge in [-0.15, -0.1) is 10.2 Å². The van der Waals surface area contributed by atoms with E-state index in [1.807, 2.05) is 30.3 Å². The van der Waals surface area contributed by atoms with Crippen LogP contribution in [0.1, 0.15) is 6.42 Å². The monoisotopic (exact) mass is 225 g/mol. The number of hydrogen-bond donors (Lipinski definition) is 1. The van der Waals surface area contributed by atoms with Gasteiger partial charge < -0.3 is 5.32 Å². The molecule has 1 N–H and O–H groups in total. The molecule has 0 bridgehead atoms. The molecule has 0 saturated heterocycles. The molecule has 0 unspecified atom stereocenters. The highest BCUT2D eigenvalue weighted by Crippen LogP contribution is 2.13. The third kappa shape index (κ3) is 2.98. The Hall–Kier alpha value is -2.48. The molecule has 0 saturated carbocycles. The van der Waals surface area contributed by atoms with Gasteiger partial charge >= 0.3 is 0 Å². The number of rotatable bonds is 4. The van der Waals surface area contributed by atoms with Crippen LogP contribution in [0.2, 0.25) is 0 Å². The van der Waals surface area contributed by atoms with Gasteiger partial charge in [-0.1, -0.05) is 6.07 Å². The van der Waals surface area contributed by atoms with Crippen molar-refractivity contribution < 1.29 is 0 Å². The summed E-state index contributed by atoms with van der Waals surface area (Å²) in [4.78, 5) is 4.19. The number of nitriles is 1. The average Bonchev–Trinajstić information content (AvgIpc) is 2.41. The van der Waals surface area contributed by atoms with E-state index in [9.17, 15) is 0 Å². The SMILES string of the molecule is N#CCCNc1ccc(-c2ccccn2)nn1. The Kier molecular flexibility index (Phi) is 3.61. The van der Waals surface area contributed by atoms with E-state index < -0.39 is 0 Å². The fourth-order valence-electron chi connectivity index (χ4n) is 1.32. The average molecular weight is 225 g/mol. The minimum atomic E-state index is 0.448. The van der Waals surface area contributed by atoms with Crippen LogP contribution in [0, 0.1) is 11.3 Å². The summed E-state index contributed by atoms with van der Waals surface area (Å²) in [6, 6.07) is 11.4. The van der Waals surface area contributed by atoms with Crippen molar-refractivity contribution in [3.05, 3.63) is 36.5 Å². The molecule has 0 radical (unpaired) electrons. The summed E-state index contributed by atoms with van der Waals surface area (Å²) in [5, 5.41) is 19.5. The van der Waals surface area contributed by atoms with Gasteiger partial charge in [-0.3, -0.25) is 4.98 Å². The molecule has 0 aromatic carbocycles. The van der Waals surface area contributed by atoms with Gasteiger partial charge in [-0.2, -0.15) is 5.26 Å². The van der Waals surface area contributed by atoms with Crippen LogP contribution in [0.25, 0.3) is 11.4 Å². The molecule has 0 spiro atoms. The second-order valence-electron chi connectivity index (χ2n) is 3.35. The van der Waals surface area contributed by atoms with Gasteiger partial charge in [0.2, 0.25) is 0 Å². The summed E-state index contributed by atoms with van der Waals surface area (Å²) in [7, 11) is 0. The summed E-state index contributed by atoms with van der Waals surface area (Å²) in [6.45, 7) is 0.577. The Balaban J connectivity index is 2.06. The number of aromatic nitrogens is 3. The van der Waals surface area contributed by atoms with Gasteiger partial charge in [-0.05, 0) is 24.3 Å². The molecule has 2 aromatic rings. The zero-order chi connectivity index (χ0) is 11.9. The molecule has 0 amide bonds. The lowest BCUT2D eigenvalue weighted by molar-refractivity contribution is 0.988. The van der Waals surface area contributed by atoms with E-state index in [4.69, 9.17) is 5.26 Å². The first-order valence-corrected chi connectivity index (χ1v) is 5.26. The fourth-order valence-corrected chi connectivity index (χ4v) is 1.32. The molecule has 2 aromatic heterocycles. The van der Waals surface area contributed by atoms with Gasteiger partial charge in [0.25, 0.3) is 0 Å². The molecule has 0 aliphatic heterocycles. The van der Waals surface area contributed by atoms with Crippen molar-refractivity contribution >= 4 is 5.82 Å². The molecular formula is C12H11N5. The van der Waals surface area contributed by atoms with Crippen LogP contribution in [0.3, 0.4) is 0 Å². The Morgan fingerprint density at radius 1 is 1.12 bits per heavy atom. The van der Waals surface area contributed by atoms with Crippen LogP contribution in [0.5, 0.6) is 0 Å². The summed E-state index contributed by atoms with van der Waals surface area (Å²) in [5.41, 5.74) is 1.53. The number of nitrogens with one attached hydrogen (secondary N) is 1. The highest BCUT2D eigenvalue weighted by atomic mass is 15.2. The van der Waals surface area contributed by atoms with Crippen molar-refractivity contribution in [2.45, 2.75) is 6.42 Å². The molecule has 0 fully saturated rings. The topological polar surface area (TPSA) is 74.5 Å². The summed E-state index contributed by atoms with van der Waals surface area (Å²) in [6.07, 6.45) is 2.17. The predicted molar refractivity (Wildman–Crippen MR) is 64.0 cm³/mol. The lowest BCUT2D eigenvalue weighted by atomic mass is 10.2. The van der Waals surface area contributed by atoms with Gasteiger partial charge in [0.05, 0.1) is 18.2 Å². The van der Waals surface area contributed by atoms with E-state index in [0.29, 0.717) is 18.8 Å². The van der Waals surface area contributed by atoms with Gasteiger partial charge in [0.1, 0.15) is 11.5 Å². The number of hydrogen-bond acceptors (Lipinski definition) is 5. The second kappa shape index (κ2) is 5.56. The van der Waals surface area contributed by atoms with Gasteiger partial charge in [0.15, 0.2) is 0 Å². The molecule has 5 heteroatoms. The number of pyridine rings is 1. The Morgan fingerprint density at radius 2 is 2.06 bits per heavy atom. The van der Waals surface area contributed by atoms with Crippen molar-refractivity contribution in [2.24, 2.45) is 0 Å². The standard InChI is InChI=1S/C12H11N5/c13-7-3-9-15-12-6-5-11(16-17-12)10-4-1-2-8-14-10/h1-2,4-6,8H,3,9H2,(H,15,17).